The summed E-state index contributed by atoms with van der Waals surface area (Å²) in [5.74, 6) is 0.205. The van der Waals surface area contributed by atoms with Crippen molar-refractivity contribution in [3.05, 3.63) is 42.5 Å². The van der Waals surface area contributed by atoms with Crippen molar-refractivity contribution in [1.82, 2.24) is 4.98 Å². The number of ether oxygens (including phenoxy) is 1. The van der Waals surface area contributed by atoms with E-state index in [9.17, 15) is 9.50 Å². The molecule has 3 nitrogen and oxygen atoms in total. The van der Waals surface area contributed by atoms with Crippen LogP contribution in [0.15, 0.2) is 36.7 Å². The maximum Gasteiger partial charge on any atom is 0.134 e. The Morgan fingerprint density at radius 2 is 2.06 bits per heavy atom. The number of rotatable bonds is 2. The van der Waals surface area contributed by atoms with Crippen LogP contribution in [0.2, 0.25) is 0 Å². The number of halogens is 1. The number of nitrogens with zero attached hydrogens (tertiary/aromatic N) is 1. The van der Waals surface area contributed by atoms with Gasteiger partial charge in [-0.25, -0.2) is 4.39 Å². The number of aromatic hydroxyl groups is 1. The van der Waals surface area contributed by atoms with Crippen LogP contribution in [0, 0.1) is 5.82 Å². The van der Waals surface area contributed by atoms with Gasteiger partial charge >= 0.3 is 0 Å². The highest BCUT2D eigenvalue weighted by Gasteiger charge is 2.08. The van der Waals surface area contributed by atoms with Gasteiger partial charge in [0.1, 0.15) is 17.3 Å². The van der Waals surface area contributed by atoms with Gasteiger partial charge in [-0.2, -0.15) is 0 Å². The van der Waals surface area contributed by atoms with E-state index >= 15 is 0 Å². The van der Waals surface area contributed by atoms with Crippen LogP contribution >= 0.6 is 0 Å². The van der Waals surface area contributed by atoms with Crippen molar-refractivity contribution in [3.8, 4) is 22.6 Å². The summed E-state index contributed by atoms with van der Waals surface area (Å²) in [6, 6.07) is 5.70. The van der Waals surface area contributed by atoms with Gasteiger partial charge in [0, 0.05) is 17.3 Å². The van der Waals surface area contributed by atoms with E-state index in [1.807, 2.05) is 0 Å². The molecule has 0 saturated heterocycles. The van der Waals surface area contributed by atoms with Gasteiger partial charge in [0.15, 0.2) is 0 Å². The maximum absolute atomic E-state index is 13.1. The lowest BCUT2D eigenvalue weighted by molar-refractivity contribution is 0.415. The first-order chi connectivity index (χ1) is 7.70. The number of benzene rings is 1. The predicted molar refractivity (Wildman–Crippen MR) is 57.8 cm³/mol. The quantitative estimate of drug-likeness (QED) is 0.844. The van der Waals surface area contributed by atoms with Gasteiger partial charge in [-0.15, -0.1) is 0 Å². The Labute approximate surface area is 92.1 Å². The summed E-state index contributed by atoms with van der Waals surface area (Å²) >= 11 is 0. The van der Waals surface area contributed by atoms with E-state index < -0.39 is 0 Å². The van der Waals surface area contributed by atoms with Crippen molar-refractivity contribution in [3.63, 3.8) is 0 Å². The summed E-state index contributed by atoms with van der Waals surface area (Å²) in [5.41, 5.74) is 1.17. The Balaban J connectivity index is 2.58. The standard InChI is InChI=1S/C12H10FNO2/c1-16-12-3-2-9(13)5-11(12)8-4-10(15)7-14-6-8/h2-7,15H,1H3. The molecule has 0 bridgehead atoms. The molecule has 1 aromatic heterocycles. The van der Waals surface area contributed by atoms with E-state index in [0.717, 1.165) is 0 Å². The van der Waals surface area contributed by atoms with Crippen molar-refractivity contribution < 1.29 is 14.2 Å². The van der Waals surface area contributed by atoms with Gasteiger partial charge in [0.2, 0.25) is 0 Å². The summed E-state index contributed by atoms with van der Waals surface area (Å²) in [5, 5.41) is 9.31. The zero-order valence-corrected chi connectivity index (χ0v) is 8.64. The summed E-state index contributed by atoms with van der Waals surface area (Å²) in [4.78, 5) is 3.84. The molecule has 2 aromatic rings. The molecule has 4 heteroatoms. The van der Waals surface area contributed by atoms with E-state index in [1.54, 1.807) is 0 Å². The molecule has 0 saturated carbocycles. The van der Waals surface area contributed by atoms with Crippen LogP contribution < -0.4 is 4.74 Å². The molecule has 0 spiro atoms. The SMILES string of the molecule is COc1ccc(F)cc1-c1cncc(O)c1. The highest BCUT2D eigenvalue weighted by Crippen LogP contribution is 2.31. The second-order valence-corrected chi connectivity index (χ2v) is 3.28. The fraction of sp³-hybridized carbons (Fsp3) is 0.0833. The maximum atomic E-state index is 13.1. The highest BCUT2D eigenvalue weighted by atomic mass is 19.1. The fourth-order valence-corrected chi connectivity index (χ4v) is 1.48. The molecule has 0 unspecified atom stereocenters. The lowest BCUT2D eigenvalue weighted by Crippen LogP contribution is -1.89. The minimum absolute atomic E-state index is 0.0313. The van der Waals surface area contributed by atoms with Gasteiger partial charge in [-0.3, -0.25) is 4.98 Å². The second-order valence-electron chi connectivity index (χ2n) is 3.28. The zero-order chi connectivity index (χ0) is 11.5. The Bertz CT molecular complexity index is 514. The van der Waals surface area contributed by atoms with Gasteiger partial charge in [0.25, 0.3) is 0 Å². The first kappa shape index (κ1) is 10.4. The third-order valence-corrected chi connectivity index (χ3v) is 2.20. The second kappa shape index (κ2) is 4.18. The Hall–Kier alpha value is -2.10. The topological polar surface area (TPSA) is 42.4 Å². The Morgan fingerprint density at radius 3 is 2.75 bits per heavy atom. The van der Waals surface area contributed by atoms with Crippen LogP contribution in [0.5, 0.6) is 11.5 Å². The minimum Gasteiger partial charge on any atom is -0.506 e. The van der Waals surface area contributed by atoms with Crippen LogP contribution in [-0.4, -0.2) is 17.2 Å². The van der Waals surface area contributed by atoms with Crippen molar-refractivity contribution in [2.75, 3.05) is 7.11 Å². The number of hydrogen-bond donors (Lipinski definition) is 1. The van der Waals surface area contributed by atoms with E-state index in [0.29, 0.717) is 16.9 Å². The van der Waals surface area contributed by atoms with Gasteiger partial charge in [-0.05, 0) is 24.3 Å². The average Bonchev–Trinajstić information content (AvgIpc) is 2.29. The van der Waals surface area contributed by atoms with E-state index in [4.69, 9.17) is 4.74 Å². The van der Waals surface area contributed by atoms with Crippen molar-refractivity contribution in [2.45, 2.75) is 0 Å². The van der Waals surface area contributed by atoms with Crippen molar-refractivity contribution in [1.29, 1.82) is 0 Å². The molecule has 1 aromatic carbocycles. The lowest BCUT2D eigenvalue weighted by atomic mass is 10.1. The highest BCUT2D eigenvalue weighted by molar-refractivity contribution is 5.70. The molecule has 0 fully saturated rings. The van der Waals surface area contributed by atoms with Crippen LogP contribution in [0.4, 0.5) is 4.39 Å². The fourth-order valence-electron chi connectivity index (χ4n) is 1.48. The van der Waals surface area contributed by atoms with Crippen molar-refractivity contribution in [2.24, 2.45) is 0 Å². The molecule has 0 aliphatic rings. The Kier molecular flexibility index (Phi) is 2.72. The molecule has 0 aliphatic heterocycles. The largest absolute Gasteiger partial charge is 0.506 e. The number of methoxy groups -OCH3 is 1. The Morgan fingerprint density at radius 1 is 1.25 bits per heavy atom. The first-order valence-electron chi connectivity index (χ1n) is 4.68. The molecule has 0 amide bonds. The van der Waals surface area contributed by atoms with Gasteiger partial charge in [-0.1, -0.05) is 0 Å². The molecular weight excluding hydrogens is 209 g/mol. The first-order valence-corrected chi connectivity index (χ1v) is 4.68. The summed E-state index contributed by atoms with van der Waals surface area (Å²) in [6.45, 7) is 0. The number of hydrogen-bond acceptors (Lipinski definition) is 3. The van der Waals surface area contributed by atoms with Crippen LogP contribution in [0.25, 0.3) is 11.1 Å². The molecule has 0 radical (unpaired) electrons. The molecule has 1 N–H and O–H groups in total. The molecule has 16 heavy (non-hydrogen) atoms. The van der Waals surface area contributed by atoms with Crippen LogP contribution in [0.1, 0.15) is 0 Å². The van der Waals surface area contributed by atoms with E-state index in [-0.39, 0.29) is 11.6 Å². The monoisotopic (exact) mass is 219 g/mol. The van der Waals surface area contributed by atoms with Crippen LogP contribution in [0.3, 0.4) is 0 Å². The predicted octanol–water partition coefficient (Wildman–Crippen LogP) is 2.60. The van der Waals surface area contributed by atoms with E-state index in [1.165, 1.54) is 43.8 Å². The molecule has 2 rings (SSSR count). The third kappa shape index (κ3) is 1.95. The summed E-state index contributed by atoms with van der Waals surface area (Å²) in [7, 11) is 1.51. The molecule has 0 aliphatic carbocycles. The summed E-state index contributed by atoms with van der Waals surface area (Å²) < 4.78 is 18.2. The van der Waals surface area contributed by atoms with Gasteiger partial charge in [0.05, 0.1) is 13.3 Å². The van der Waals surface area contributed by atoms with Crippen molar-refractivity contribution >= 4 is 0 Å². The number of pyridine rings is 1. The minimum atomic E-state index is -0.362. The zero-order valence-electron chi connectivity index (χ0n) is 8.64. The van der Waals surface area contributed by atoms with Crippen LogP contribution in [-0.2, 0) is 0 Å². The third-order valence-electron chi connectivity index (χ3n) is 2.20. The number of aromatic nitrogens is 1. The van der Waals surface area contributed by atoms with E-state index in [2.05, 4.69) is 4.98 Å². The van der Waals surface area contributed by atoms with Gasteiger partial charge < -0.3 is 9.84 Å². The average molecular weight is 219 g/mol. The molecule has 0 atom stereocenters. The normalized spacial score (nSPS) is 10.1. The molecule has 1 heterocycles. The molecular formula is C12H10FNO2. The summed E-state index contributed by atoms with van der Waals surface area (Å²) in [6.07, 6.45) is 2.85. The molecule has 82 valence electrons. The smallest absolute Gasteiger partial charge is 0.134 e. The lowest BCUT2D eigenvalue weighted by Gasteiger charge is -2.08.